The van der Waals surface area contributed by atoms with E-state index in [1.165, 1.54) is 0 Å². The molecule has 2 rings (SSSR count). The van der Waals surface area contributed by atoms with Crippen molar-refractivity contribution in [3.63, 3.8) is 0 Å². The van der Waals surface area contributed by atoms with E-state index in [9.17, 15) is 9.90 Å². The van der Waals surface area contributed by atoms with Gasteiger partial charge in [0.1, 0.15) is 6.61 Å². The Kier molecular flexibility index (Phi) is 4.65. The number of alkyl carbamates (subject to hydrolysis) is 1. The number of hydrogen-bond donors (Lipinski definition) is 2. The molecule has 1 fully saturated rings. The highest BCUT2D eigenvalue weighted by atomic mass is 16.5. The van der Waals surface area contributed by atoms with Crippen LogP contribution >= 0.6 is 0 Å². The third-order valence-corrected chi connectivity index (χ3v) is 3.87. The van der Waals surface area contributed by atoms with Gasteiger partial charge in [0.25, 0.3) is 0 Å². The largest absolute Gasteiger partial charge is 0.445 e. The first kappa shape index (κ1) is 14.9. The molecule has 0 bridgehead atoms. The van der Waals surface area contributed by atoms with Gasteiger partial charge in [0, 0.05) is 0 Å². The van der Waals surface area contributed by atoms with Gasteiger partial charge in [-0.05, 0) is 30.2 Å². The molecule has 0 unspecified atom stereocenters. The number of carbonyl (C=O) groups is 1. The van der Waals surface area contributed by atoms with E-state index in [0.717, 1.165) is 24.8 Å². The van der Waals surface area contributed by atoms with Crippen LogP contribution in [-0.4, -0.2) is 23.3 Å². The van der Waals surface area contributed by atoms with Gasteiger partial charge in [0.15, 0.2) is 0 Å². The van der Waals surface area contributed by atoms with Crippen LogP contribution in [0.3, 0.4) is 0 Å². The molecule has 2 atom stereocenters. The van der Waals surface area contributed by atoms with Gasteiger partial charge in [-0.3, -0.25) is 0 Å². The zero-order valence-corrected chi connectivity index (χ0v) is 12.1. The Labute approximate surface area is 120 Å². The van der Waals surface area contributed by atoms with E-state index in [4.69, 9.17) is 4.74 Å². The summed E-state index contributed by atoms with van der Waals surface area (Å²) in [4.78, 5) is 11.8. The molecule has 0 heterocycles. The van der Waals surface area contributed by atoms with Gasteiger partial charge in [-0.15, -0.1) is 0 Å². The molecule has 0 aromatic heterocycles. The lowest BCUT2D eigenvalue weighted by atomic mass is 9.74. The van der Waals surface area contributed by atoms with E-state index in [1.807, 2.05) is 30.3 Å². The van der Waals surface area contributed by atoms with Crippen molar-refractivity contribution in [2.24, 2.45) is 5.41 Å². The number of ether oxygens (including phenoxy) is 1. The van der Waals surface area contributed by atoms with Crippen LogP contribution in [0.25, 0.3) is 0 Å². The third kappa shape index (κ3) is 4.23. The maximum absolute atomic E-state index is 11.8. The minimum atomic E-state index is -0.479. The van der Waals surface area contributed by atoms with Crippen molar-refractivity contribution in [3.05, 3.63) is 35.9 Å². The van der Waals surface area contributed by atoms with Crippen LogP contribution in [0.4, 0.5) is 4.79 Å². The van der Waals surface area contributed by atoms with Gasteiger partial charge in [0.2, 0.25) is 0 Å². The van der Waals surface area contributed by atoms with Crippen LogP contribution in [0, 0.1) is 5.41 Å². The topological polar surface area (TPSA) is 58.6 Å². The summed E-state index contributed by atoms with van der Waals surface area (Å²) in [5.41, 5.74) is 1.10. The van der Waals surface area contributed by atoms with Gasteiger partial charge in [-0.25, -0.2) is 4.79 Å². The molecule has 2 N–H and O–H groups in total. The second-order valence-electron chi connectivity index (χ2n) is 6.29. The Morgan fingerprint density at radius 1 is 1.40 bits per heavy atom. The smallest absolute Gasteiger partial charge is 0.407 e. The van der Waals surface area contributed by atoms with Crippen molar-refractivity contribution in [3.8, 4) is 0 Å². The molecule has 0 aliphatic heterocycles. The van der Waals surface area contributed by atoms with E-state index in [2.05, 4.69) is 19.2 Å². The molecule has 0 radical (unpaired) electrons. The minimum Gasteiger partial charge on any atom is -0.445 e. The van der Waals surface area contributed by atoms with E-state index >= 15 is 0 Å². The average Bonchev–Trinajstić information content (AvgIpc) is 2.42. The normalized spacial score (nSPS) is 24.9. The molecule has 1 amide bonds. The predicted molar refractivity (Wildman–Crippen MR) is 77.2 cm³/mol. The Bertz CT molecular complexity index is 444. The van der Waals surface area contributed by atoms with Crippen LogP contribution in [0.15, 0.2) is 30.3 Å². The molecule has 0 spiro atoms. The minimum absolute atomic E-state index is 0.149. The summed E-state index contributed by atoms with van der Waals surface area (Å²) in [5, 5.41) is 12.7. The van der Waals surface area contributed by atoms with Crippen LogP contribution in [0.5, 0.6) is 0 Å². The third-order valence-electron chi connectivity index (χ3n) is 3.87. The van der Waals surface area contributed by atoms with Crippen LogP contribution in [0.1, 0.15) is 38.7 Å². The molecular weight excluding hydrogens is 254 g/mol. The zero-order valence-electron chi connectivity index (χ0n) is 12.1. The average molecular weight is 277 g/mol. The highest BCUT2D eigenvalue weighted by molar-refractivity contribution is 5.67. The number of amides is 1. The summed E-state index contributed by atoms with van der Waals surface area (Å²) < 4.78 is 5.19. The highest BCUT2D eigenvalue weighted by Gasteiger charge is 2.34. The molecule has 4 heteroatoms. The van der Waals surface area contributed by atoms with Crippen molar-refractivity contribution in [2.75, 3.05) is 0 Å². The summed E-state index contributed by atoms with van der Waals surface area (Å²) in [6.07, 6.45) is 1.53. The molecule has 1 aromatic rings. The summed E-state index contributed by atoms with van der Waals surface area (Å²) in [6.45, 7) is 4.56. The molecule has 1 aliphatic carbocycles. The summed E-state index contributed by atoms with van der Waals surface area (Å²) in [7, 11) is 0. The molecule has 20 heavy (non-hydrogen) atoms. The molecule has 110 valence electrons. The van der Waals surface area contributed by atoms with Gasteiger partial charge in [0.05, 0.1) is 12.1 Å². The van der Waals surface area contributed by atoms with Crippen LogP contribution in [-0.2, 0) is 11.3 Å². The first-order valence-electron chi connectivity index (χ1n) is 7.11. The maximum atomic E-state index is 11.8. The lowest BCUT2D eigenvalue weighted by Crippen LogP contribution is -2.49. The first-order valence-corrected chi connectivity index (χ1v) is 7.11. The summed E-state index contributed by atoms with van der Waals surface area (Å²) >= 11 is 0. The van der Waals surface area contributed by atoms with Crippen LogP contribution in [0.2, 0.25) is 0 Å². The quantitative estimate of drug-likeness (QED) is 0.893. The fraction of sp³-hybridized carbons (Fsp3) is 0.562. The Hall–Kier alpha value is -1.55. The lowest BCUT2D eigenvalue weighted by Gasteiger charge is -2.38. The zero-order chi connectivity index (χ0) is 14.6. The Morgan fingerprint density at radius 2 is 2.10 bits per heavy atom. The number of rotatable bonds is 3. The molecule has 1 aliphatic rings. The van der Waals surface area contributed by atoms with E-state index in [0.29, 0.717) is 0 Å². The number of hydrogen-bond acceptors (Lipinski definition) is 3. The summed E-state index contributed by atoms with van der Waals surface area (Å²) in [6, 6.07) is 9.33. The second-order valence-corrected chi connectivity index (χ2v) is 6.29. The first-order chi connectivity index (χ1) is 9.46. The van der Waals surface area contributed by atoms with Crippen molar-refractivity contribution in [2.45, 2.75) is 51.9 Å². The molecule has 0 saturated heterocycles. The van der Waals surface area contributed by atoms with Gasteiger partial charge >= 0.3 is 6.09 Å². The number of carbonyl (C=O) groups excluding carboxylic acids is 1. The Morgan fingerprint density at radius 3 is 2.80 bits per heavy atom. The van der Waals surface area contributed by atoms with Gasteiger partial charge in [-0.1, -0.05) is 44.2 Å². The number of aliphatic hydroxyl groups excluding tert-OH is 1. The van der Waals surface area contributed by atoms with Crippen molar-refractivity contribution in [1.29, 1.82) is 0 Å². The van der Waals surface area contributed by atoms with Gasteiger partial charge in [-0.2, -0.15) is 0 Å². The number of nitrogens with one attached hydrogen (secondary N) is 1. The van der Waals surface area contributed by atoms with E-state index < -0.39 is 12.2 Å². The van der Waals surface area contributed by atoms with Crippen molar-refractivity contribution >= 4 is 6.09 Å². The van der Waals surface area contributed by atoms with E-state index in [-0.39, 0.29) is 18.1 Å². The molecule has 1 aromatic carbocycles. The Balaban J connectivity index is 1.81. The standard InChI is InChI=1S/C16H23NO3/c1-16(2)9-8-14(18)13(10-16)17-15(19)20-11-12-6-4-3-5-7-12/h3-7,13-14,18H,8-11H2,1-2H3,(H,17,19)/t13-,14-/m1/s1. The van der Waals surface area contributed by atoms with Crippen LogP contribution < -0.4 is 5.32 Å². The lowest BCUT2D eigenvalue weighted by molar-refractivity contribution is 0.0391. The second kappa shape index (κ2) is 6.27. The number of benzene rings is 1. The maximum Gasteiger partial charge on any atom is 0.407 e. The number of aliphatic hydroxyl groups is 1. The van der Waals surface area contributed by atoms with Gasteiger partial charge < -0.3 is 15.2 Å². The van der Waals surface area contributed by atoms with Crippen molar-refractivity contribution in [1.82, 2.24) is 5.32 Å². The SMILES string of the molecule is CC1(C)CC[C@@H](O)[C@H](NC(=O)OCc2ccccc2)C1. The highest BCUT2D eigenvalue weighted by Crippen LogP contribution is 2.35. The summed E-state index contributed by atoms with van der Waals surface area (Å²) in [5.74, 6) is 0. The predicted octanol–water partition coefficient (Wildman–Crippen LogP) is 2.85. The fourth-order valence-corrected chi connectivity index (χ4v) is 2.64. The fourth-order valence-electron chi connectivity index (χ4n) is 2.64. The van der Waals surface area contributed by atoms with E-state index in [1.54, 1.807) is 0 Å². The molecule has 4 nitrogen and oxygen atoms in total. The monoisotopic (exact) mass is 277 g/mol. The molecular formula is C16H23NO3. The molecule has 1 saturated carbocycles. The van der Waals surface area contributed by atoms with Crippen molar-refractivity contribution < 1.29 is 14.6 Å².